The first-order chi connectivity index (χ1) is 38.1. The average molecular weight is 983 g/mol. The van der Waals surface area contributed by atoms with E-state index >= 15 is 0 Å². The van der Waals surface area contributed by atoms with E-state index in [2.05, 4.69) is 299 Å². The number of aromatic nitrogens is 3. The van der Waals surface area contributed by atoms with Crippen LogP contribution in [0.25, 0.3) is 88.4 Å². The molecular weight excluding hydrogens is 933 g/mol. The van der Waals surface area contributed by atoms with E-state index in [4.69, 9.17) is 0 Å². The zero-order valence-corrected chi connectivity index (χ0v) is 42.4. The van der Waals surface area contributed by atoms with E-state index in [0.717, 1.165) is 50.6 Å². The molecular formula is C73H50N4. The van der Waals surface area contributed by atoms with Crippen molar-refractivity contribution in [1.29, 1.82) is 0 Å². The average Bonchev–Trinajstić information content (AvgIpc) is 3.98. The van der Waals surface area contributed by atoms with E-state index in [1.807, 2.05) is 12.4 Å². The minimum absolute atomic E-state index is 0.529. The Morgan fingerprint density at radius 2 is 0.857 bits per heavy atom. The van der Waals surface area contributed by atoms with E-state index in [-0.39, 0.29) is 0 Å². The topological polar surface area (TPSA) is 26.0 Å². The summed E-state index contributed by atoms with van der Waals surface area (Å²) in [6, 6.07) is 100. The molecule has 4 heteroatoms. The first-order valence-electron chi connectivity index (χ1n) is 26.5. The van der Waals surface area contributed by atoms with Gasteiger partial charge in [-0.05, 0) is 153 Å². The number of benzene rings is 11. The fraction of sp³-hybridized carbons (Fsp3) is 0.0274. The highest BCUT2D eigenvalue weighted by Crippen LogP contribution is 2.57. The van der Waals surface area contributed by atoms with E-state index in [1.165, 1.54) is 82.6 Å². The Hall–Kier alpha value is -10.0. The van der Waals surface area contributed by atoms with Crippen molar-refractivity contribution in [2.75, 3.05) is 4.90 Å². The minimum atomic E-state index is -0.529. The van der Waals surface area contributed by atoms with Crippen molar-refractivity contribution in [3.8, 4) is 44.8 Å². The number of pyridine rings is 1. The molecule has 0 fully saturated rings. The molecule has 11 aromatic carbocycles. The van der Waals surface area contributed by atoms with E-state index in [1.54, 1.807) is 0 Å². The molecule has 3 heterocycles. The monoisotopic (exact) mass is 982 g/mol. The third-order valence-corrected chi connectivity index (χ3v) is 16.2. The lowest BCUT2D eigenvalue weighted by Gasteiger charge is -2.35. The maximum Gasteiger partial charge on any atom is 0.0714 e. The predicted octanol–water partition coefficient (Wildman–Crippen LogP) is 18.8. The summed E-state index contributed by atoms with van der Waals surface area (Å²) in [5.41, 5.74) is 23.0. The first-order valence-corrected chi connectivity index (χ1v) is 26.5. The molecule has 0 amide bonds. The largest absolute Gasteiger partial charge is 0.310 e. The van der Waals surface area contributed by atoms with Gasteiger partial charge in [0.15, 0.2) is 0 Å². The van der Waals surface area contributed by atoms with Gasteiger partial charge in [0.1, 0.15) is 0 Å². The molecule has 0 bridgehead atoms. The molecule has 0 spiro atoms. The van der Waals surface area contributed by atoms with Gasteiger partial charge in [-0.2, -0.15) is 0 Å². The van der Waals surface area contributed by atoms with Crippen molar-refractivity contribution in [2.45, 2.75) is 12.3 Å². The molecule has 4 nitrogen and oxygen atoms in total. The summed E-state index contributed by atoms with van der Waals surface area (Å²) in [6.07, 6.45) is 3.88. The lowest BCUT2D eigenvalue weighted by molar-refractivity contribution is 0.768. The lowest BCUT2D eigenvalue weighted by Crippen LogP contribution is -2.28. The maximum absolute atomic E-state index is 4.65. The maximum atomic E-state index is 4.65. The smallest absolute Gasteiger partial charge is 0.0714 e. The Bertz CT molecular complexity index is 4500. The summed E-state index contributed by atoms with van der Waals surface area (Å²) in [4.78, 5) is 7.08. The summed E-state index contributed by atoms with van der Waals surface area (Å²) >= 11 is 0. The fourth-order valence-corrected chi connectivity index (χ4v) is 12.7. The molecule has 14 aromatic rings. The summed E-state index contributed by atoms with van der Waals surface area (Å²) in [7, 11) is 0. The molecule has 0 saturated carbocycles. The molecule has 15 rings (SSSR count). The van der Waals surface area contributed by atoms with Crippen LogP contribution in [0.15, 0.2) is 285 Å². The van der Waals surface area contributed by atoms with Gasteiger partial charge in [-0.1, -0.05) is 188 Å². The number of hydrogen-bond acceptors (Lipinski definition) is 2. The van der Waals surface area contributed by atoms with Crippen LogP contribution in [0.3, 0.4) is 0 Å². The molecule has 77 heavy (non-hydrogen) atoms. The van der Waals surface area contributed by atoms with Crippen LogP contribution in [-0.2, 0) is 5.41 Å². The Kier molecular flexibility index (Phi) is 10.3. The number of hydrogen-bond donors (Lipinski definition) is 0. The van der Waals surface area contributed by atoms with Crippen molar-refractivity contribution >= 4 is 60.7 Å². The van der Waals surface area contributed by atoms with Crippen LogP contribution >= 0.6 is 0 Å². The second-order valence-electron chi connectivity index (χ2n) is 20.4. The van der Waals surface area contributed by atoms with Crippen molar-refractivity contribution < 1.29 is 0 Å². The van der Waals surface area contributed by atoms with Crippen LogP contribution in [0, 0.1) is 6.92 Å². The number of fused-ring (bicyclic) bond motifs is 9. The highest BCUT2D eigenvalue weighted by Gasteiger charge is 2.46. The number of anilines is 3. The van der Waals surface area contributed by atoms with Crippen molar-refractivity contribution in [3.63, 3.8) is 0 Å². The number of rotatable bonds is 9. The van der Waals surface area contributed by atoms with Gasteiger partial charge in [0, 0.05) is 50.5 Å². The first kappa shape index (κ1) is 44.5. The van der Waals surface area contributed by atoms with Gasteiger partial charge in [-0.25, -0.2) is 0 Å². The van der Waals surface area contributed by atoms with Crippen LogP contribution < -0.4 is 4.90 Å². The molecule has 0 saturated heterocycles. The zero-order chi connectivity index (χ0) is 51.0. The molecule has 1 aliphatic carbocycles. The van der Waals surface area contributed by atoms with Gasteiger partial charge in [-0.3, -0.25) is 4.98 Å². The van der Waals surface area contributed by atoms with Crippen LogP contribution in [0.5, 0.6) is 0 Å². The molecule has 0 aliphatic heterocycles. The second kappa shape index (κ2) is 17.8. The summed E-state index contributed by atoms with van der Waals surface area (Å²) < 4.78 is 4.82. The number of nitrogens with zero attached hydrogens (tertiary/aromatic N) is 4. The second-order valence-corrected chi connectivity index (χ2v) is 20.4. The third kappa shape index (κ3) is 6.96. The van der Waals surface area contributed by atoms with Crippen LogP contribution in [-0.4, -0.2) is 14.1 Å². The Labute approximate surface area is 447 Å². The Morgan fingerprint density at radius 1 is 0.351 bits per heavy atom. The summed E-state index contributed by atoms with van der Waals surface area (Å²) in [5, 5.41) is 4.83. The standard InChI is InChI=1S/C73H50N4/c1-49-42-43-74-48-72(49)77-69-41-34-53(44-63(69)65-47-70-64(46-71(65)77)62-27-15-17-29-68(62)76(70)56-24-12-5-13-25-56)52-32-37-58(38-33-52)75(57-35-30-51(31-36-57)50-18-6-2-7-19-50)59-39-40-61-60-26-14-16-28-66(60)73(67(61)45-59,54-20-8-3-9-21-54)55-22-10-4-11-23-55/h2-48H,1H3. The van der Waals surface area contributed by atoms with Crippen LogP contribution in [0.1, 0.15) is 27.8 Å². The number of aryl methyl sites for hydroxylation is 1. The Morgan fingerprint density at radius 3 is 1.55 bits per heavy atom. The molecule has 1 aliphatic rings. The van der Waals surface area contributed by atoms with Gasteiger partial charge < -0.3 is 14.0 Å². The van der Waals surface area contributed by atoms with Gasteiger partial charge in [0.25, 0.3) is 0 Å². The molecule has 3 aromatic heterocycles. The minimum Gasteiger partial charge on any atom is -0.310 e. The molecule has 0 unspecified atom stereocenters. The third-order valence-electron chi connectivity index (χ3n) is 16.2. The molecule has 0 N–H and O–H groups in total. The normalized spacial score (nSPS) is 12.6. The fourth-order valence-electron chi connectivity index (χ4n) is 12.7. The molecule has 0 atom stereocenters. The van der Waals surface area contributed by atoms with E-state index in [0.29, 0.717) is 0 Å². The van der Waals surface area contributed by atoms with Crippen LogP contribution in [0.4, 0.5) is 17.1 Å². The van der Waals surface area contributed by atoms with Crippen LogP contribution in [0.2, 0.25) is 0 Å². The highest BCUT2D eigenvalue weighted by molar-refractivity contribution is 6.19. The summed E-state index contributed by atoms with van der Waals surface area (Å²) in [6.45, 7) is 2.18. The predicted molar refractivity (Wildman–Crippen MR) is 321 cm³/mol. The molecule has 0 radical (unpaired) electrons. The van der Waals surface area contributed by atoms with Crippen molar-refractivity contribution in [3.05, 3.63) is 313 Å². The van der Waals surface area contributed by atoms with Gasteiger partial charge in [-0.15, -0.1) is 0 Å². The SMILES string of the molecule is Cc1ccncc1-n1c2ccc(-c3ccc(N(c4ccc(-c5ccccc5)cc4)c4ccc5c(c4)C(c4ccccc4)(c4ccccc4)c4ccccc4-5)cc3)cc2c2cc3c(cc21)c1ccccc1n3-c1ccccc1. The quantitative estimate of drug-likeness (QED) is 0.144. The lowest BCUT2D eigenvalue weighted by atomic mass is 9.67. The van der Waals surface area contributed by atoms with E-state index in [9.17, 15) is 0 Å². The van der Waals surface area contributed by atoms with Crippen molar-refractivity contribution in [2.24, 2.45) is 0 Å². The van der Waals surface area contributed by atoms with Gasteiger partial charge >= 0.3 is 0 Å². The molecule has 362 valence electrons. The van der Waals surface area contributed by atoms with Crippen molar-refractivity contribution in [1.82, 2.24) is 14.1 Å². The zero-order valence-electron chi connectivity index (χ0n) is 42.4. The summed E-state index contributed by atoms with van der Waals surface area (Å²) in [5.74, 6) is 0. The van der Waals surface area contributed by atoms with Gasteiger partial charge in [0.05, 0.1) is 39.4 Å². The van der Waals surface area contributed by atoms with Gasteiger partial charge in [0.2, 0.25) is 0 Å². The Balaban J connectivity index is 0.903. The highest BCUT2D eigenvalue weighted by atomic mass is 15.1. The van der Waals surface area contributed by atoms with E-state index < -0.39 is 5.41 Å². The number of para-hydroxylation sites is 2.